The van der Waals surface area contributed by atoms with E-state index >= 15 is 0 Å². The molecule has 122 valence electrons. The molecular formula is C17H22N4OS. The van der Waals surface area contributed by atoms with Crippen LogP contribution in [0.25, 0.3) is 0 Å². The fraction of sp³-hybridized carbons (Fsp3) is 0.529. The van der Waals surface area contributed by atoms with E-state index in [0.717, 1.165) is 50.2 Å². The number of nitrogens with zero attached hydrogens (tertiary/aromatic N) is 4. The van der Waals surface area contributed by atoms with Crippen LogP contribution in [0.3, 0.4) is 0 Å². The Balaban J connectivity index is 1.47. The molecule has 5 nitrogen and oxygen atoms in total. The van der Waals surface area contributed by atoms with E-state index in [1.165, 1.54) is 17.1 Å². The number of anilines is 1. The Bertz CT molecular complexity index is 647. The Kier molecular flexibility index (Phi) is 4.29. The number of rotatable bonds is 4. The van der Waals surface area contributed by atoms with Crippen molar-refractivity contribution in [3.63, 3.8) is 0 Å². The first kappa shape index (κ1) is 15.1. The molecule has 2 aromatic rings. The zero-order valence-corrected chi connectivity index (χ0v) is 14.2. The lowest BCUT2D eigenvalue weighted by atomic mass is 10.1. The van der Waals surface area contributed by atoms with Crippen molar-refractivity contribution in [2.24, 2.45) is 0 Å². The van der Waals surface area contributed by atoms with E-state index < -0.39 is 0 Å². The van der Waals surface area contributed by atoms with Crippen molar-refractivity contribution in [1.29, 1.82) is 0 Å². The maximum Gasteiger partial charge on any atom is 0.205 e. The van der Waals surface area contributed by atoms with Crippen molar-refractivity contribution >= 4 is 16.7 Å². The average Bonchev–Trinajstić information content (AvgIpc) is 3.23. The number of hydrogen-bond acceptors (Lipinski definition) is 6. The Labute approximate surface area is 141 Å². The van der Waals surface area contributed by atoms with Gasteiger partial charge in [0.2, 0.25) is 5.13 Å². The molecule has 0 unspecified atom stereocenters. The van der Waals surface area contributed by atoms with Gasteiger partial charge < -0.3 is 9.64 Å². The van der Waals surface area contributed by atoms with Gasteiger partial charge in [0.05, 0.1) is 18.8 Å². The van der Waals surface area contributed by atoms with E-state index in [1.54, 1.807) is 0 Å². The highest BCUT2D eigenvalue weighted by molar-refractivity contribution is 7.09. The molecule has 3 heterocycles. The van der Waals surface area contributed by atoms with Gasteiger partial charge in [-0.1, -0.05) is 37.3 Å². The van der Waals surface area contributed by atoms with Crippen molar-refractivity contribution in [1.82, 2.24) is 14.3 Å². The molecule has 2 saturated heterocycles. The first-order valence-electron chi connectivity index (χ1n) is 8.30. The summed E-state index contributed by atoms with van der Waals surface area (Å²) >= 11 is 1.51. The van der Waals surface area contributed by atoms with Crippen LogP contribution in [0.2, 0.25) is 0 Å². The van der Waals surface area contributed by atoms with Gasteiger partial charge in [0.1, 0.15) is 5.82 Å². The Morgan fingerprint density at radius 1 is 1.26 bits per heavy atom. The molecule has 4 rings (SSSR count). The van der Waals surface area contributed by atoms with Crippen LogP contribution in [0, 0.1) is 0 Å². The molecule has 0 saturated carbocycles. The quantitative estimate of drug-likeness (QED) is 0.859. The molecule has 0 spiro atoms. The van der Waals surface area contributed by atoms with Gasteiger partial charge in [0, 0.05) is 44.1 Å². The van der Waals surface area contributed by atoms with Crippen LogP contribution in [-0.2, 0) is 17.7 Å². The summed E-state index contributed by atoms with van der Waals surface area (Å²) in [5, 5.41) is 1.04. The molecule has 2 aliphatic rings. The van der Waals surface area contributed by atoms with Crippen LogP contribution in [0.4, 0.5) is 5.13 Å². The van der Waals surface area contributed by atoms with E-state index in [1.807, 2.05) is 0 Å². The standard InChI is InChI=1S/C17H22N4OS/c1-2-16-18-17(23-19-16)21-11-14-15(12-21)22-9-8-20(14)10-13-6-4-3-5-7-13/h3-7,14-15H,2,8-12H2,1H3/t14-,15-/m1/s1. The number of benzene rings is 1. The number of hydrogen-bond donors (Lipinski definition) is 0. The van der Waals surface area contributed by atoms with Crippen molar-refractivity contribution < 1.29 is 4.74 Å². The third-order valence-electron chi connectivity index (χ3n) is 4.69. The molecule has 0 amide bonds. The Morgan fingerprint density at radius 2 is 2.13 bits per heavy atom. The minimum Gasteiger partial charge on any atom is -0.373 e. The third kappa shape index (κ3) is 3.11. The minimum atomic E-state index is 0.279. The number of ether oxygens (including phenoxy) is 1. The lowest BCUT2D eigenvalue weighted by Gasteiger charge is -2.36. The third-order valence-corrected chi connectivity index (χ3v) is 5.50. The number of morpholine rings is 1. The van der Waals surface area contributed by atoms with Gasteiger partial charge in [-0.3, -0.25) is 4.90 Å². The molecule has 0 aliphatic carbocycles. The van der Waals surface area contributed by atoms with Gasteiger partial charge in [0.25, 0.3) is 0 Å². The van der Waals surface area contributed by atoms with Crippen LogP contribution >= 0.6 is 11.5 Å². The second-order valence-electron chi connectivity index (χ2n) is 6.18. The van der Waals surface area contributed by atoms with Gasteiger partial charge >= 0.3 is 0 Å². The molecule has 0 N–H and O–H groups in total. The predicted octanol–water partition coefficient (Wildman–Crippen LogP) is 2.19. The van der Waals surface area contributed by atoms with Crippen molar-refractivity contribution in [3.8, 4) is 0 Å². The zero-order chi connectivity index (χ0) is 15.6. The molecule has 0 radical (unpaired) electrons. The molecule has 2 aliphatic heterocycles. The maximum atomic E-state index is 6.03. The summed E-state index contributed by atoms with van der Waals surface area (Å²) in [5.41, 5.74) is 1.37. The van der Waals surface area contributed by atoms with Crippen LogP contribution in [0.5, 0.6) is 0 Å². The molecule has 2 fully saturated rings. The average molecular weight is 330 g/mol. The second-order valence-corrected chi connectivity index (χ2v) is 6.91. The van der Waals surface area contributed by atoms with E-state index in [4.69, 9.17) is 4.74 Å². The SMILES string of the molecule is CCc1nsc(N2C[C@@H]3[C@@H](C2)OCCN3Cc2ccccc2)n1. The summed E-state index contributed by atoms with van der Waals surface area (Å²) in [4.78, 5) is 9.54. The van der Waals surface area contributed by atoms with Crippen LogP contribution in [-0.4, -0.2) is 52.6 Å². The summed E-state index contributed by atoms with van der Waals surface area (Å²) in [6.07, 6.45) is 1.18. The van der Waals surface area contributed by atoms with Gasteiger partial charge in [-0.25, -0.2) is 4.98 Å². The van der Waals surface area contributed by atoms with Crippen molar-refractivity contribution in [2.75, 3.05) is 31.1 Å². The second kappa shape index (κ2) is 6.55. The summed E-state index contributed by atoms with van der Waals surface area (Å²) in [7, 11) is 0. The molecule has 0 bridgehead atoms. The topological polar surface area (TPSA) is 41.5 Å². The summed E-state index contributed by atoms with van der Waals surface area (Å²) in [5.74, 6) is 0.946. The van der Waals surface area contributed by atoms with Gasteiger partial charge in [0.15, 0.2) is 0 Å². The summed E-state index contributed by atoms with van der Waals surface area (Å²) < 4.78 is 10.4. The minimum absolute atomic E-state index is 0.279. The highest BCUT2D eigenvalue weighted by atomic mass is 32.1. The molecule has 1 aromatic carbocycles. The van der Waals surface area contributed by atoms with E-state index in [9.17, 15) is 0 Å². The van der Waals surface area contributed by atoms with Crippen LogP contribution in [0.15, 0.2) is 30.3 Å². The largest absolute Gasteiger partial charge is 0.373 e. The van der Waals surface area contributed by atoms with Crippen LogP contribution in [0.1, 0.15) is 18.3 Å². The smallest absolute Gasteiger partial charge is 0.205 e. The fourth-order valence-corrected chi connectivity index (χ4v) is 4.21. The molecule has 23 heavy (non-hydrogen) atoms. The number of aromatic nitrogens is 2. The zero-order valence-electron chi connectivity index (χ0n) is 13.4. The van der Waals surface area contributed by atoms with E-state index in [-0.39, 0.29) is 6.10 Å². The highest BCUT2D eigenvalue weighted by Crippen LogP contribution is 2.29. The molecule has 1 aromatic heterocycles. The van der Waals surface area contributed by atoms with E-state index in [2.05, 4.69) is 56.4 Å². The van der Waals surface area contributed by atoms with Gasteiger partial charge in [-0.2, -0.15) is 4.37 Å². The molecule has 6 heteroatoms. The van der Waals surface area contributed by atoms with Gasteiger partial charge in [-0.05, 0) is 5.56 Å². The first-order chi connectivity index (χ1) is 11.3. The van der Waals surface area contributed by atoms with Gasteiger partial charge in [-0.15, -0.1) is 0 Å². The molecule has 2 atom stereocenters. The summed E-state index contributed by atoms with van der Waals surface area (Å²) in [6, 6.07) is 11.1. The lowest BCUT2D eigenvalue weighted by Crippen LogP contribution is -2.50. The van der Waals surface area contributed by atoms with Crippen LogP contribution < -0.4 is 4.90 Å². The predicted molar refractivity (Wildman–Crippen MR) is 91.9 cm³/mol. The maximum absolute atomic E-state index is 6.03. The summed E-state index contributed by atoms with van der Waals surface area (Å²) in [6.45, 7) is 6.82. The fourth-order valence-electron chi connectivity index (χ4n) is 3.45. The Morgan fingerprint density at radius 3 is 2.91 bits per heavy atom. The number of aryl methyl sites for hydroxylation is 1. The van der Waals surface area contributed by atoms with Crippen molar-refractivity contribution in [3.05, 3.63) is 41.7 Å². The monoisotopic (exact) mass is 330 g/mol. The first-order valence-corrected chi connectivity index (χ1v) is 9.08. The number of fused-ring (bicyclic) bond motifs is 1. The van der Waals surface area contributed by atoms with Crippen molar-refractivity contribution in [2.45, 2.75) is 32.0 Å². The van der Waals surface area contributed by atoms with E-state index in [0.29, 0.717) is 6.04 Å². The normalized spacial score (nSPS) is 24.8. The lowest BCUT2D eigenvalue weighted by molar-refractivity contribution is -0.0499. The highest BCUT2D eigenvalue weighted by Gasteiger charge is 2.41. The Hall–Kier alpha value is -1.50. The molecular weight excluding hydrogens is 308 g/mol.